The van der Waals surface area contributed by atoms with Gasteiger partial charge in [-0.3, -0.25) is 4.79 Å². The first kappa shape index (κ1) is 15.1. The highest BCUT2D eigenvalue weighted by Crippen LogP contribution is 2.28. The molecule has 21 heavy (non-hydrogen) atoms. The molecule has 1 aromatic heterocycles. The van der Waals surface area contributed by atoms with E-state index < -0.39 is 0 Å². The van der Waals surface area contributed by atoms with Crippen LogP contribution < -0.4 is 9.47 Å². The van der Waals surface area contributed by atoms with Gasteiger partial charge in [0.2, 0.25) is 5.78 Å². The Balaban J connectivity index is 2.06. The molecule has 0 aliphatic carbocycles. The molecule has 0 unspecified atom stereocenters. The fraction of sp³-hybridized carbons (Fsp3) is 0.250. The predicted octanol–water partition coefficient (Wildman–Crippen LogP) is 3.45. The summed E-state index contributed by atoms with van der Waals surface area (Å²) in [7, 11) is 1.50. The van der Waals surface area contributed by atoms with Gasteiger partial charge in [0.15, 0.2) is 18.1 Å². The van der Waals surface area contributed by atoms with Crippen LogP contribution in [0.15, 0.2) is 30.3 Å². The standard InChI is InChI=1S/C16H15NO3S/c1-3-12-5-7-16(21-12)13(18)10-20-14-6-4-11(9-17)8-15(14)19-2/h4-8H,3,10H2,1-2H3. The van der Waals surface area contributed by atoms with E-state index in [2.05, 4.69) is 6.92 Å². The SMILES string of the molecule is CCc1ccc(C(=O)COc2ccc(C#N)cc2OC)s1. The van der Waals surface area contributed by atoms with Crippen molar-refractivity contribution in [1.82, 2.24) is 0 Å². The van der Waals surface area contributed by atoms with Crippen LogP contribution in [0.3, 0.4) is 0 Å². The molecule has 0 fully saturated rings. The first-order chi connectivity index (χ1) is 10.2. The Hall–Kier alpha value is -2.32. The molecule has 0 saturated heterocycles. The van der Waals surface area contributed by atoms with E-state index in [1.54, 1.807) is 18.2 Å². The number of Topliss-reactive ketones (excluding diaryl/α,β-unsaturated/α-hetero) is 1. The highest BCUT2D eigenvalue weighted by molar-refractivity contribution is 7.14. The van der Waals surface area contributed by atoms with Gasteiger partial charge in [0, 0.05) is 10.9 Å². The molecule has 2 rings (SSSR count). The molecule has 0 aliphatic heterocycles. The topological polar surface area (TPSA) is 59.3 Å². The molecule has 108 valence electrons. The van der Waals surface area contributed by atoms with E-state index >= 15 is 0 Å². The number of aryl methyl sites for hydroxylation is 1. The smallest absolute Gasteiger partial charge is 0.210 e. The van der Waals surface area contributed by atoms with Crippen LogP contribution in [0, 0.1) is 11.3 Å². The Morgan fingerprint density at radius 2 is 2.10 bits per heavy atom. The number of thiophene rings is 1. The van der Waals surface area contributed by atoms with Crippen LogP contribution in [0.25, 0.3) is 0 Å². The van der Waals surface area contributed by atoms with Crippen molar-refractivity contribution in [1.29, 1.82) is 5.26 Å². The molecule has 0 N–H and O–H groups in total. The summed E-state index contributed by atoms with van der Waals surface area (Å²) >= 11 is 1.49. The lowest BCUT2D eigenvalue weighted by atomic mass is 10.2. The third kappa shape index (κ3) is 3.61. The Kier molecular flexibility index (Phi) is 4.96. The molecule has 1 heterocycles. The van der Waals surface area contributed by atoms with Gasteiger partial charge in [-0.05, 0) is 30.7 Å². The summed E-state index contributed by atoms with van der Waals surface area (Å²) in [4.78, 5) is 13.9. The summed E-state index contributed by atoms with van der Waals surface area (Å²) < 4.78 is 10.7. The summed E-state index contributed by atoms with van der Waals surface area (Å²) in [5.41, 5.74) is 0.483. The molecule has 0 bridgehead atoms. The quantitative estimate of drug-likeness (QED) is 0.767. The first-order valence-corrected chi connectivity index (χ1v) is 7.32. The third-order valence-electron chi connectivity index (χ3n) is 2.94. The maximum Gasteiger partial charge on any atom is 0.210 e. The van der Waals surface area contributed by atoms with Gasteiger partial charge in [-0.15, -0.1) is 11.3 Å². The molecule has 0 aliphatic rings. The van der Waals surface area contributed by atoms with Crippen molar-refractivity contribution in [2.75, 3.05) is 13.7 Å². The number of carbonyl (C=O) groups excluding carboxylic acids is 1. The molecule has 1 aromatic carbocycles. The van der Waals surface area contributed by atoms with E-state index in [0.29, 0.717) is 21.9 Å². The minimum atomic E-state index is -0.0638. The Bertz CT molecular complexity index is 685. The largest absolute Gasteiger partial charge is 0.493 e. The Morgan fingerprint density at radius 3 is 2.71 bits per heavy atom. The number of benzene rings is 1. The maximum absolute atomic E-state index is 12.1. The van der Waals surface area contributed by atoms with Gasteiger partial charge in [0.25, 0.3) is 0 Å². The second kappa shape index (κ2) is 6.91. The number of rotatable bonds is 6. The number of carbonyl (C=O) groups is 1. The Labute approximate surface area is 127 Å². The van der Waals surface area contributed by atoms with Crippen LogP contribution in [-0.2, 0) is 6.42 Å². The summed E-state index contributed by atoms with van der Waals surface area (Å²) in [6, 6.07) is 10.7. The van der Waals surface area contributed by atoms with Crippen molar-refractivity contribution in [3.05, 3.63) is 45.6 Å². The number of ether oxygens (including phenoxy) is 2. The number of nitriles is 1. The minimum absolute atomic E-state index is 0.0497. The second-order valence-corrected chi connectivity index (χ2v) is 5.48. The van der Waals surface area contributed by atoms with E-state index in [1.807, 2.05) is 18.2 Å². The molecule has 0 radical (unpaired) electrons. The number of nitrogens with zero attached hydrogens (tertiary/aromatic N) is 1. The number of ketones is 1. The molecule has 0 amide bonds. The van der Waals surface area contributed by atoms with E-state index in [0.717, 1.165) is 6.42 Å². The van der Waals surface area contributed by atoms with Gasteiger partial charge in [-0.1, -0.05) is 6.92 Å². The summed E-state index contributed by atoms with van der Waals surface area (Å²) in [6.45, 7) is 2.00. The van der Waals surface area contributed by atoms with Crippen molar-refractivity contribution < 1.29 is 14.3 Å². The zero-order chi connectivity index (χ0) is 15.2. The highest BCUT2D eigenvalue weighted by atomic mass is 32.1. The van der Waals surface area contributed by atoms with Crippen LogP contribution in [0.5, 0.6) is 11.5 Å². The van der Waals surface area contributed by atoms with Gasteiger partial charge in [-0.2, -0.15) is 5.26 Å². The van der Waals surface area contributed by atoms with E-state index in [9.17, 15) is 4.79 Å². The fourth-order valence-electron chi connectivity index (χ4n) is 1.79. The van der Waals surface area contributed by atoms with Gasteiger partial charge >= 0.3 is 0 Å². The van der Waals surface area contributed by atoms with Gasteiger partial charge in [0.1, 0.15) is 0 Å². The molecular weight excluding hydrogens is 286 g/mol. The molecule has 2 aromatic rings. The molecular formula is C16H15NO3S. The van der Waals surface area contributed by atoms with E-state index in [1.165, 1.54) is 23.3 Å². The minimum Gasteiger partial charge on any atom is -0.493 e. The highest BCUT2D eigenvalue weighted by Gasteiger charge is 2.12. The van der Waals surface area contributed by atoms with Gasteiger partial charge in [-0.25, -0.2) is 0 Å². The maximum atomic E-state index is 12.1. The molecule has 0 spiro atoms. The predicted molar refractivity (Wildman–Crippen MR) is 81.2 cm³/mol. The van der Waals surface area contributed by atoms with Crippen molar-refractivity contribution in [3.8, 4) is 17.6 Å². The summed E-state index contributed by atoms with van der Waals surface area (Å²) in [5.74, 6) is 0.838. The summed E-state index contributed by atoms with van der Waals surface area (Å²) in [5, 5.41) is 8.84. The van der Waals surface area contributed by atoms with Gasteiger partial charge in [0.05, 0.1) is 23.6 Å². The number of methoxy groups -OCH3 is 1. The molecule has 5 heteroatoms. The first-order valence-electron chi connectivity index (χ1n) is 6.50. The number of hydrogen-bond donors (Lipinski definition) is 0. The normalized spacial score (nSPS) is 9.95. The second-order valence-electron chi connectivity index (χ2n) is 4.31. The van der Waals surface area contributed by atoms with Crippen LogP contribution >= 0.6 is 11.3 Å². The summed E-state index contributed by atoms with van der Waals surface area (Å²) in [6.07, 6.45) is 0.919. The van der Waals surface area contributed by atoms with E-state index in [-0.39, 0.29) is 12.4 Å². The lowest BCUT2D eigenvalue weighted by Gasteiger charge is -2.09. The lowest BCUT2D eigenvalue weighted by Crippen LogP contribution is -2.10. The molecule has 0 atom stereocenters. The molecule has 0 saturated carbocycles. The van der Waals surface area contributed by atoms with Crippen molar-refractivity contribution in [2.24, 2.45) is 0 Å². The van der Waals surface area contributed by atoms with Crippen molar-refractivity contribution in [2.45, 2.75) is 13.3 Å². The van der Waals surface area contributed by atoms with Crippen LogP contribution in [-0.4, -0.2) is 19.5 Å². The van der Waals surface area contributed by atoms with Crippen LogP contribution in [0.2, 0.25) is 0 Å². The van der Waals surface area contributed by atoms with Crippen LogP contribution in [0.4, 0.5) is 0 Å². The zero-order valence-electron chi connectivity index (χ0n) is 11.9. The van der Waals surface area contributed by atoms with Gasteiger partial charge < -0.3 is 9.47 Å². The number of hydrogen-bond acceptors (Lipinski definition) is 5. The lowest BCUT2D eigenvalue weighted by molar-refractivity contribution is 0.0923. The Morgan fingerprint density at radius 1 is 1.29 bits per heavy atom. The third-order valence-corrected chi connectivity index (χ3v) is 4.21. The average Bonchev–Trinajstić information content (AvgIpc) is 3.01. The van der Waals surface area contributed by atoms with Crippen molar-refractivity contribution in [3.63, 3.8) is 0 Å². The van der Waals surface area contributed by atoms with E-state index in [4.69, 9.17) is 14.7 Å². The van der Waals surface area contributed by atoms with Crippen LogP contribution in [0.1, 0.15) is 27.0 Å². The monoisotopic (exact) mass is 301 g/mol. The zero-order valence-corrected chi connectivity index (χ0v) is 12.7. The molecule has 4 nitrogen and oxygen atoms in total. The fourth-order valence-corrected chi connectivity index (χ4v) is 2.66. The van der Waals surface area contributed by atoms with Crippen molar-refractivity contribution >= 4 is 17.1 Å². The average molecular weight is 301 g/mol.